The molecule has 1 aromatic carbocycles. The maximum atomic E-state index is 13.1. The first-order valence-electron chi connectivity index (χ1n) is 7.65. The predicted octanol–water partition coefficient (Wildman–Crippen LogP) is 3.38. The Balaban J connectivity index is 1.74. The molecule has 0 amide bonds. The standard InChI is InChI=1S/C16H21F3N2/c17-16(18,19)15-7-2-1-5-13(15)11-20-8-4-10-21-9-3-6-14(21)12-20/h1-2,5,7,14H,3-4,6,8-12H2. The molecule has 2 heterocycles. The molecule has 3 rings (SSSR count). The van der Waals surface area contributed by atoms with E-state index in [1.165, 1.54) is 25.0 Å². The third-order valence-electron chi connectivity index (χ3n) is 4.60. The van der Waals surface area contributed by atoms with Crippen LogP contribution in [0.4, 0.5) is 13.2 Å². The number of benzene rings is 1. The summed E-state index contributed by atoms with van der Waals surface area (Å²) in [6, 6.07) is 6.50. The van der Waals surface area contributed by atoms with E-state index in [0.717, 1.165) is 32.6 Å². The number of fused-ring (bicyclic) bond motifs is 1. The molecule has 0 spiro atoms. The SMILES string of the molecule is FC(F)(F)c1ccccc1CN1CCCN2CCCC2C1. The van der Waals surface area contributed by atoms with Crippen LogP contribution in [0.25, 0.3) is 0 Å². The summed E-state index contributed by atoms with van der Waals surface area (Å²) in [4.78, 5) is 4.69. The first-order valence-corrected chi connectivity index (χ1v) is 7.65. The molecule has 1 unspecified atom stereocenters. The second-order valence-electron chi connectivity index (χ2n) is 6.08. The molecular weight excluding hydrogens is 277 g/mol. The molecule has 5 heteroatoms. The minimum absolute atomic E-state index is 0.399. The van der Waals surface area contributed by atoms with Crippen molar-refractivity contribution in [3.05, 3.63) is 35.4 Å². The van der Waals surface area contributed by atoms with Gasteiger partial charge in [0.15, 0.2) is 0 Å². The van der Waals surface area contributed by atoms with Gasteiger partial charge in [-0.3, -0.25) is 9.80 Å². The van der Waals surface area contributed by atoms with E-state index in [1.54, 1.807) is 12.1 Å². The Bertz CT molecular complexity index is 487. The highest BCUT2D eigenvalue weighted by molar-refractivity contribution is 5.29. The van der Waals surface area contributed by atoms with Gasteiger partial charge in [-0.2, -0.15) is 13.2 Å². The minimum Gasteiger partial charge on any atom is -0.299 e. The van der Waals surface area contributed by atoms with E-state index in [4.69, 9.17) is 0 Å². The lowest BCUT2D eigenvalue weighted by atomic mass is 10.1. The summed E-state index contributed by atoms with van der Waals surface area (Å²) in [7, 11) is 0. The van der Waals surface area contributed by atoms with Crippen LogP contribution in [-0.2, 0) is 12.7 Å². The van der Waals surface area contributed by atoms with Gasteiger partial charge >= 0.3 is 6.18 Å². The van der Waals surface area contributed by atoms with Crippen molar-refractivity contribution in [2.24, 2.45) is 0 Å². The van der Waals surface area contributed by atoms with E-state index in [9.17, 15) is 13.2 Å². The Labute approximate surface area is 123 Å². The van der Waals surface area contributed by atoms with Crippen molar-refractivity contribution in [3.8, 4) is 0 Å². The van der Waals surface area contributed by atoms with Gasteiger partial charge in [0.25, 0.3) is 0 Å². The van der Waals surface area contributed by atoms with E-state index < -0.39 is 11.7 Å². The van der Waals surface area contributed by atoms with Gasteiger partial charge in [-0.05, 0) is 50.5 Å². The second-order valence-corrected chi connectivity index (χ2v) is 6.08. The molecule has 2 nitrogen and oxygen atoms in total. The monoisotopic (exact) mass is 298 g/mol. The third kappa shape index (κ3) is 3.40. The average Bonchev–Trinajstić information content (AvgIpc) is 2.77. The minimum atomic E-state index is -4.26. The maximum absolute atomic E-state index is 13.1. The maximum Gasteiger partial charge on any atom is 0.416 e. The fourth-order valence-corrected chi connectivity index (χ4v) is 3.60. The summed E-state index contributed by atoms with van der Waals surface area (Å²) < 4.78 is 39.2. The van der Waals surface area contributed by atoms with Crippen LogP contribution in [0.1, 0.15) is 30.4 Å². The van der Waals surface area contributed by atoms with Crippen molar-refractivity contribution in [1.82, 2.24) is 9.80 Å². The van der Waals surface area contributed by atoms with E-state index in [1.807, 2.05) is 0 Å². The summed E-state index contributed by atoms with van der Waals surface area (Å²) in [5.74, 6) is 0. The van der Waals surface area contributed by atoms with Gasteiger partial charge in [0.2, 0.25) is 0 Å². The highest BCUT2D eigenvalue weighted by atomic mass is 19.4. The first-order chi connectivity index (χ1) is 10.0. The van der Waals surface area contributed by atoms with Crippen LogP contribution < -0.4 is 0 Å². The molecule has 0 saturated carbocycles. The largest absolute Gasteiger partial charge is 0.416 e. The summed E-state index contributed by atoms with van der Waals surface area (Å²) in [6.07, 6.45) is -0.818. The van der Waals surface area contributed by atoms with Crippen molar-refractivity contribution < 1.29 is 13.2 Å². The van der Waals surface area contributed by atoms with E-state index in [2.05, 4.69) is 9.80 Å². The smallest absolute Gasteiger partial charge is 0.299 e. The van der Waals surface area contributed by atoms with E-state index in [0.29, 0.717) is 18.2 Å². The molecule has 2 aliphatic rings. The van der Waals surface area contributed by atoms with Gasteiger partial charge in [0, 0.05) is 19.1 Å². The molecule has 0 aromatic heterocycles. The molecule has 1 aromatic rings. The van der Waals surface area contributed by atoms with Crippen LogP contribution in [0.15, 0.2) is 24.3 Å². The fourth-order valence-electron chi connectivity index (χ4n) is 3.60. The fraction of sp³-hybridized carbons (Fsp3) is 0.625. The summed E-state index contributed by atoms with van der Waals surface area (Å²) in [5, 5.41) is 0. The number of nitrogens with zero attached hydrogens (tertiary/aromatic N) is 2. The Morgan fingerprint density at radius 3 is 2.62 bits per heavy atom. The molecule has 1 atom stereocenters. The van der Waals surface area contributed by atoms with E-state index in [-0.39, 0.29) is 0 Å². The quantitative estimate of drug-likeness (QED) is 0.826. The van der Waals surface area contributed by atoms with Crippen molar-refractivity contribution in [3.63, 3.8) is 0 Å². The second kappa shape index (κ2) is 5.97. The van der Waals surface area contributed by atoms with Crippen LogP contribution in [0, 0.1) is 0 Å². The summed E-state index contributed by atoms with van der Waals surface area (Å²) >= 11 is 0. The number of hydrogen-bond donors (Lipinski definition) is 0. The number of alkyl halides is 3. The van der Waals surface area contributed by atoms with Gasteiger partial charge in [-0.15, -0.1) is 0 Å². The van der Waals surface area contributed by atoms with Crippen molar-refractivity contribution in [2.45, 2.75) is 38.0 Å². The molecule has 0 N–H and O–H groups in total. The zero-order valence-electron chi connectivity index (χ0n) is 12.1. The molecule has 21 heavy (non-hydrogen) atoms. The molecule has 2 saturated heterocycles. The lowest BCUT2D eigenvalue weighted by molar-refractivity contribution is -0.138. The molecule has 0 bridgehead atoms. The van der Waals surface area contributed by atoms with Gasteiger partial charge in [-0.1, -0.05) is 18.2 Å². The van der Waals surface area contributed by atoms with Gasteiger partial charge in [0.1, 0.15) is 0 Å². The number of halogens is 3. The summed E-state index contributed by atoms with van der Waals surface area (Å²) in [5.41, 5.74) is -0.0889. The lowest BCUT2D eigenvalue weighted by Crippen LogP contribution is -2.36. The molecule has 2 aliphatic heterocycles. The normalized spacial score (nSPS) is 24.8. The number of hydrogen-bond acceptors (Lipinski definition) is 2. The first kappa shape index (κ1) is 14.9. The van der Waals surface area contributed by atoms with E-state index >= 15 is 0 Å². The highest BCUT2D eigenvalue weighted by Gasteiger charge is 2.34. The van der Waals surface area contributed by atoms with Gasteiger partial charge in [0.05, 0.1) is 5.56 Å². The zero-order valence-corrected chi connectivity index (χ0v) is 12.1. The molecule has 0 radical (unpaired) electrons. The number of rotatable bonds is 2. The molecular formula is C16H21F3N2. The van der Waals surface area contributed by atoms with Crippen LogP contribution in [0.3, 0.4) is 0 Å². The highest BCUT2D eigenvalue weighted by Crippen LogP contribution is 2.33. The summed E-state index contributed by atoms with van der Waals surface area (Å²) in [6.45, 7) is 4.42. The zero-order chi connectivity index (χ0) is 14.9. The van der Waals surface area contributed by atoms with Crippen molar-refractivity contribution in [1.29, 1.82) is 0 Å². The van der Waals surface area contributed by atoms with Crippen LogP contribution in [0.2, 0.25) is 0 Å². The topological polar surface area (TPSA) is 6.48 Å². The Kier molecular flexibility index (Phi) is 4.22. The Morgan fingerprint density at radius 1 is 1.05 bits per heavy atom. The Morgan fingerprint density at radius 2 is 1.81 bits per heavy atom. The van der Waals surface area contributed by atoms with Gasteiger partial charge < -0.3 is 0 Å². The Hall–Kier alpha value is -1.07. The van der Waals surface area contributed by atoms with Crippen LogP contribution in [-0.4, -0.2) is 42.0 Å². The lowest BCUT2D eigenvalue weighted by Gasteiger charge is -2.26. The third-order valence-corrected chi connectivity index (χ3v) is 4.60. The van der Waals surface area contributed by atoms with Gasteiger partial charge in [-0.25, -0.2) is 0 Å². The molecule has 116 valence electrons. The van der Waals surface area contributed by atoms with Crippen LogP contribution >= 0.6 is 0 Å². The molecule has 0 aliphatic carbocycles. The predicted molar refractivity (Wildman–Crippen MR) is 75.9 cm³/mol. The molecule has 2 fully saturated rings. The average molecular weight is 298 g/mol. The van der Waals surface area contributed by atoms with Crippen molar-refractivity contribution in [2.75, 3.05) is 26.2 Å². The van der Waals surface area contributed by atoms with Crippen molar-refractivity contribution >= 4 is 0 Å². The van der Waals surface area contributed by atoms with Crippen LogP contribution in [0.5, 0.6) is 0 Å².